The van der Waals surface area contributed by atoms with E-state index in [2.05, 4.69) is 10.2 Å². The van der Waals surface area contributed by atoms with Gasteiger partial charge in [-0.25, -0.2) is 0 Å². The largest absolute Gasteiger partial charge is 0.497 e. The van der Waals surface area contributed by atoms with E-state index in [1.54, 1.807) is 54.1 Å². The number of hydrogen-bond donors (Lipinski definition) is 0. The molecule has 3 rings (SSSR count). The lowest BCUT2D eigenvalue weighted by atomic mass is 10.1. The Labute approximate surface area is 165 Å². The maximum atomic E-state index is 12.3. The molecule has 26 heavy (non-hydrogen) atoms. The predicted molar refractivity (Wildman–Crippen MR) is 105 cm³/mol. The molecule has 0 aliphatic heterocycles. The molecule has 134 valence electrons. The first kappa shape index (κ1) is 18.8. The SMILES string of the molecule is COc1ccc(C(=O)CSc2nnc(-c3ccc(Cl)cc3Cl)n2C)cc1. The molecule has 0 spiro atoms. The third-order valence-corrected chi connectivity index (χ3v) is 5.32. The van der Waals surface area contributed by atoms with Gasteiger partial charge in [0.05, 0.1) is 17.9 Å². The molecule has 0 fully saturated rings. The molecule has 1 aromatic heterocycles. The summed E-state index contributed by atoms with van der Waals surface area (Å²) in [5, 5.41) is 10.0. The minimum atomic E-state index is 0.00623. The van der Waals surface area contributed by atoms with E-state index >= 15 is 0 Å². The summed E-state index contributed by atoms with van der Waals surface area (Å²) in [6, 6.07) is 12.2. The predicted octanol–water partition coefficient (Wildman–Crippen LogP) is 4.77. The quantitative estimate of drug-likeness (QED) is 0.434. The lowest BCUT2D eigenvalue weighted by Gasteiger charge is -2.06. The number of Topliss-reactive ketones (excluding diaryl/α,β-unsaturated/α-hetero) is 1. The first-order valence-corrected chi connectivity index (χ1v) is 9.38. The van der Waals surface area contributed by atoms with Crippen molar-refractivity contribution in [3.63, 3.8) is 0 Å². The van der Waals surface area contributed by atoms with Crippen molar-refractivity contribution >= 4 is 40.7 Å². The molecule has 0 aliphatic rings. The summed E-state index contributed by atoms with van der Waals surface area (Å²) >= 11 is 13.5. The first-order chi connectivity index (χ1) is 12.5. The van der Waals surface area contributed by atoms with E-state index in [4.69, 9.17) is 27.9 Å². The van der Waals surface area contributed by atoms with Gasteiger partial charge < -0.3 is 9.30 Å². The minimum absolute atomic E-state index is 0.00623. The van der Waals surface area contributed by atoms with Gasteiger partial charge in [-0.3, -0.25) is 4.79 Å². The van der Waals surface area contributed by atoms with Crippen molar-refractivity contribution in [1.29, 1.82) is 0 Å². The van der Waals surface area contributed by atoms with Gasteiger partial charge in [0.25, 0.3) is 0 Å². The van der Waals surface area contributed by atoms with Crippen LogP contribution in [0, 0.1) is 0 Å². The number of ether oxygens (including phenoxy) is 1. The average molecular weight is 408 g/mol. The van der Waals surface area contributed by atoms with Gasteiger partial charge in [-0.05, 0) is 42.5 Å². The van der Waals surface area contributed by atoms with Crippen LogP contribution in [0.5, 0.6) is 5.75 Å². The number of rotatable bonds is 6. The van der Waals surface area contributed by atoms with Gasteiger partial charge in [0.15, 0.2) is 16.8 Å². The molecule has 0 aliphatic carbocycles. The monoisotopic (exact) mass is 407 g/mol. The molecule has 1 heterocycles. The highest BCUT2D eigenvalue weighted by Crippen LogP contribution is 2.30. The van der Waals surface area contributed by atoms with Crippen LogP contribution >= 0.6 is 35.0 Å². The summed E-state index contributed by atoms with van der Waals surface area (Å²) in [4.78, 5) is 12.3. The van der Waals surface area contributed by atoms with E-state index in [0.717, 1.165) is 5.56 Å². The Morgan fingerprint density at radius 1 is 1.15 bits per heavy atom. The Balaban J connectivity index is 1.73. The zero-order valence-electron chi connectivity index (χ0n) is 14.1. The number of methoxy groups -OCH3 is 1. The number of aromatic nitrogens is 3. The van der Waals surface area contributed by atoms with E-state index in [0.29, 0.717) is 32.3 Å². The molecule has 0 bridgehead atoms. The highest BCUT2D eigenvalue weighted by molar-refractivity contribution is 7.99. The number of carbonyl (C=O) groups excluding carboxylic acids is 1. The molecule has 0 saturated carbocycles. The Bertz CT molecular complexity index is 942. The zero-order chi connectivity index (χ0) is 18.7. The van der Waals surface area contributed by atoms with E-state index in [9.17, 15) is 4.79 Å². The third kappa shape index (κ3) is 4.03. The first-order valence-electron chi connectivity index (χ1n) is 7.64. The van der Waals surface area contributed by atoms with Gasteiger partial charge in [-0.2, -0.15) is 0 Å². The van der Waals surface area contributed by atoms with Crippen LogP contribution in [-0.4, -0.2) is 33.4 Å². The normalized spacial score (nSPS) is 10.8. The summed E-state index contributed by atoms with van der Waals surface area (Å²) in [5.41, 5.74) is 1.36. The van der Waals surface area contributed by atoms with Crippen LogP contribution in [0.25, 0.3) is 11.4 Å². The van der Waals surface area contributed by atoms with Gasteiger partial charge in [0, 0.05) is 23.2 Å². The molecule has 5 nitrogen and oxygen atoms in total. The molecule has 3 aromatic rings. The average Bonchev–Trinajstić information content (AvgIpc) is 3.00. The van der Waals surface area contributed by atoms with E-state index in [1.165, 1.54) is 11.8 Å². The molecule has 0 radical (unpaired) electrons. The van der Waals surface area contributed by atoms with Crippen molar-refractivity contribution in [2.75, 3.05) is 12.9 Å². The Kier molecular flexibility index (Phi) is 5.86. The Morgan fingerprint density at radius 2 is 1.88 bits per heavy atom. The van der Waals surface area contributed by atoms with Crippen LogP contribution in [0.3, 0.4) is 0 Å². The molecular weight excluding hydrogens is 393 g/mol. The third-order valence-electron chi connectivity index (χ3n) is 3.75. The Hall–Kier alpha value is -2.02. The van der Waals surface area contributed by atoms with Crippen LogP contribution in [0.4, 0.5) is 0 Å². The van der Waals surface area contributed by atoms with Gasteiger partial charge in [-0.1, -0.05) is 35.0 Å². The van der Waals surface area contributed by atoms with Gasteiger partial charge in [-0.15, -0.1) is 10.2 Å². The molecule has 0 N–H and O–H groups in total. The minimum Gasteiger partial charge on any atom is -0.497 e. The van der Waals surface area contributed by atoms with Crippen molar-refractivity contribution in [2.24, 2.45) is 7.05 Å². The van der Waals surface area contributed by atoms with Crippen LogP contribution in [0.2, 0.25) is 10.0 Å². The lowest BCUT2D eigenvalue weighted by molar-refractivity contribution is 0.102. The fraction of sp³-hybridized carbons (Fsp3) is 0.167. The topological polar surface area (TPSA) is 57.0 Å². The van der Waals surface area contributed by atoms with E-state index in [1.807, 2.05) is 7.05 Å². The molecular formula is C18H15Cl2N3O2S. The van der Waals surface area contributed by atoms with Crippen LogP contribution in [0.1, 0.15) is 10.4 Å². The van der Waals surface area contributed by atoms with E-state index in [-0.39, 0.29) is 11.5 Å². The van der Waals surface area contributed by atoms with Crippen molar-refractivity contribution < 1.29 is 9.53 Å². The van der Waals surface area contributed by atoms with Crippen LogP contribution < -0.4 is 4.74 Å². The lowest BCUT2D eigenvalue weighted by Crippen LogP contribution is -2.04. The number of benzene rings is 2. The molecule has 0 amide bonds. The standard InChI is InChI=1S/C18H15Cl2N3O2S/c1-23-17(14-8-5-12(19)9-15(14)20)21-22-18(23)26-10-16(24)11-3-6-13(25-2)7-4-11/h3-9H,10H2,1-2H3. The Morgan fingerprint density at radius 3 is 2.54 bits per heavy atom. The molecule has 0 atom stereocenters. The highest BCUT2D eigenvalue weighted by atomic mass is 35.5. The van der Waals surface area contributed by atoms with Crippen molar-refractivity contribution in [3.05, 3.63) is 58.1 Å². The highest BCUT2D eigenvalue weighted by Gasteiger charge is 2.16. The van der Waals surface area contributed by atoms with Crippen molar-refractivity contribution in [3.8, 4) is 17.1 Å². The number of carbonyl (C=O) groups is 1. The maximum absolute atomic E-state index is 12.3. The second kappa shape index (κ2) is 8.12. The van der Waals surface area contributed by atoms with Crippen molar-refractivity contribution in [1.82, 2.24) is 14.8 Å². The second-order valence-electron chi connectivity index (χ2n) is 5.43. The van der Waals surface area contributed by atoms with Gasteiger partial charge in [0.2, 0.25) is 0 Å². The number of hydrogen-bond acceptors (Lipinski definition) is 5. The van der Waals surface area contributed by atoms with Crippen LogP contribution in [0.15, 0.2) is 47.6 Å². The molecule has 0 unspecified atom stereocenters. The molecule has 2 aromatic carbocycles. The number of thioether (sulfide) groups is 1. The van der Waals surface area contributed by atoms with Crippen molar-refractivity contribution in [2.45, 2.75) is 5.16 Å². The number of halogens is 2. The molecule has 8 heteroatoms. The second-order valence-corrected chi connectivity index (χ2v) is 7.22. The number of ketones is 1. The van der Waals surface area contributed by atoms with Gasteiger partial charge >= 0.3 is 0 Å². The maximum Gasteiger partial charge on any atom is 0.191 e. The van der Waals surface area contributed by atoms with Crippen LogP contribution in [-0.2, 0) is 7.05 Å². The summed E-state index contributed by atoms with van der Waals surface area (Å²) in [7, 11) is 3.42. The zero-order valence-corrected chi connectivity index (χ0v) is 16.4. The fourth-order valence-corrected chi connectivity index (χ4v) is 3.63. The number of nitrogens with zero attached hydrogens (tertiary/aromatic N) is 3. The van der Waals surface area contributed by atoms with E-state index < -0.39 is 0 Å². The van der Waals surface area contributed by atoms with Gasteiger partial charge in [0.1, 0.15) is 5.75 Å². The molecule has 0 saturated heterocycles. The summed E-state index contributed by atoms with van der Waals surface area (Å²) in [5.74, 6) is 1.59. The summed E-state index contributed by atoms with van der Waals surface area (Å²) < 4.78 is 6.91. The smallest absolute Gasteiger partial charge is 0.191 e. The summed E-state index contributed by atoms with van der Waals surface area (Å²) in [6.45, 7) is 0. The fourth-order valence-electron chi connectivity index (χ4n) is 2.34. The summed E-state index contributed by atoms with van der Waals surface area (Å²) in [6.07, 6.45) is 0.